The summed E-state index contributed by atoms with van der Waals surface area (Å²) in [6.45, 7) is 5.53. The van der Waals surface area contributed by atoms with Gasteiger partial charge in [0.15, 0.2) is 0 Å². The average Bonchev–Trinajstić information content (AvgIpc) is 2.97. The van der Waals surface area contributed by atoms with E-state index in [0.29, 0.717) is 38.2 Å². The molecule has 2 aromatic carbocycles. The number of nitrogens with zero attached hydrogens (tertiary/aromatic N) is 4. The summed E-state index contributed by atoms with van der Waals surface area (Å²) in [5.74, 6) is 1.27. The molecule has 8 nitrogen and oxygen atoms in total. The predicted octanol–water partition coefficient (Wildman–Crippen LogP) is 3.13. The summed E-state index contributed by atoms with van der Waals surface area (Å²) in [5, 5.41) is 0. The molecule has 3 amide bonds. The fourth-order valence-corrected chi connectivity index (χ4v) is 6.05. The zero-order valence-corrected chi connectivity index (χ0v) is 23.0. The molecule has 0 spiro atoms. The van der Waals surface area contributed by atoms with Gasteiger partial charge in [-0.15, -0.1) is 0 Å². The van der Waals surface area contributed by atoms with Gasteiger partial charge in [0.1, 0.15) is 12.3 Å². The van der Waals surface area contributed by atoms with Crippen molar-refractivity contribution >= 4 is 17.7 Å². The predicted molar refractivity (Wildman–Crippen MR) is 149 cm³/mol. The molecule has 0 N–H and O–H groups in total. The van der Waals surface area contributed by atoms with Crippen molar-refractivity contribution in [2.45, 2.75) is 32.2 Å². The third-order valence-corrected chi connectivity index (χ3v) is 8.48. The number of para-hydroxylation sites is 1. The SMILES string of the molecule is CN1CCN(C(=O)C[C@@H]2CCN3C[C@@H]2CCCOc2ccccc2CN(C(=O)c2ccccc2)CC3=O)CC1. The van der Waals surface area contributed by atoms with Gasteiger partial charge in [-0.2, -0.15) is 0 Å². The Bertz CT molecular complexity index is 1150. The molecule has 2 aromatic rings. The molecule has 2 fully saturated rings. The molecule has 3 heterocycles. The topological polar surface area (TPSA) is 73.4 Å². The van der Waals surface area contributed by atoms with Gasteiger partial charge in [-0.1, -0.05) is 36.4 Å². The van der Waals surface area contributed by atoms with Crippen LogP contribution in [0.25, 0.3) is 0 Å². The van der Waals surface area contributed by atoms with Crippen LogP contribution in [-0.2, 0) is 16.1 Å². The molecule has 0 aliphatic carbocycles. The van der Waals surface area contributed by atoms with Crippen LogP contribution in [0.1, 0.15) is 41.6 Å². The smallest absolute Gasteiger partial charge is 0.254 e. The van der Waals surface area contributed by atoms with E-state index in [2.05, 4.69) is 11.9 Å². The molecule has 0 saturated carbocycles. The lowest BCUT2D eigenvalue weighted by molar-refractivity contribution is -0.137. The Kier molecular flexibility index (Phi) is 8.81. The van der Waals surface area contributed by atoms with Gasteiger partial charge in [0, 0.05) is 56.8 Å². The first-order chi connectivity index (χ1) is 19.0. The quantitative estimate of drug-likeness (QED) is 0.608. The Morgan fingerprint density at radius 2 is 1.62 bits per heavy atom. The molecule has 0 unspecified atom stereocenters. The van der Waals surface area contributed by atoms with E-state index < -0.39 is 0 Å². The van der Waals surface area contributed by atoms with E-state index in [1.165, 1.54) is 0 Å². The standard InChI is InChI=1S/C31H40N4O4/c1-32-15-17-33(18-16-32)29(36)20-25-13-14-34-21-26(25)11-7-19-39-28-12-6-5-10-27(28)22-35(23-30(34)37)31(38)24-8-3-2-4-9-24/h2-6,8-10,12,25-26H,7,11,13-23H2,1H3/t25-,26-/m0/s1. The third-order valence-electron chi connectivity index (χ3n) is 8.48. The van der Waals surface area contributed by atoms with Gasteiger partial charge < -0.3 is 24.3 Å². The van der Waals surface area contributed by atoms with Crippen molar-refractivity contribution in [3.63, 3.8) is 0 Å². The van der Waals surface area contributed by atoms with E-state index in [0.717, 1.165) is 56.8 Å². The fourth-order valence-electron chi connectivity index (χ4n) is 6.05. The zero-order chi connectivity index (χ0) is 27.2. The Morgan fingerprint density at radius 3 is 2.41 bits per heavy atom. The normalized spacial score (nSPS) is 23.1. The van der Waals surface area contributed by atoms with Crippen LogP contribution >= 0.6 is 0 Å². The number of fused-ring (bicyclic) bond motifs is 3. The first-order valence-electron chi connectivity index (χ1n) is 14.3. The second-order valence-corrected chi connectivity index (χ2v) is 11.2. The first-order valence-corrected chi connectivity index (χ1v) is 14.3. The Morgan fingerprint density at radius 1 is 0.872 bits per heavy atom. The number of piperidine rings is 1. The number of likely N-dealkylation sites (N-methyl/N-ethyl adjacent to an activating group) is 1. The lowest BCUT2D eigenvalue weighted by Crippen LogP contribution is -2.50. The summed E-state index contributed by atoms with van der Waals surface area (Å²) in [6.07, 6.45) is 3.11. The molecular weight excluding hydrogens is 492 g/mol. The molecule has 2 bridgehead atoms. The Labute approximate surface area is 231 Å². The molecule has 0 radical (unpaired) electrons. The van der Waals surface area contributed by atoms with Crippen LogP contribution in [-0.4, -0.2) is 96.8 Å². The van der Waals surface area contributed by atoms with Crippen molar-refractivity contribution in [1.29, 1.82) is 0 Å². The molecule has 208 valence electrons. The maximum Gasteiger partial charge on any atom is 0.254 e. The van der Waals surface area contributed by atoms with Crippen LogP contribution in [0.3, 0.4) is 0 Å². The number of amides is 3. The number of ether oxygens (including phenoxy) is 1. The van der Waals surface area contributed by atoms with E-state index in [4.69, 9.17) is 4.74 Å². The van der Waals surface area contributed by atoms with Crippen molar-refractivity contribution in [2.75, 3.05) is 59.5 Å². The molecular formula is C31H40N4O4. The molecule has 39 heavy (non-hydrogen) atoms. The van der Waals surface area contributed by atoms with Gasteiger partial charge in [0.25, 0.3) is 5.91 Å². The largest absolute Gasteiger partial charge is 0.493 e. The molecule has 3 aliphatic rings. The number of carbonyl (C=O) groups is 3. The fraction of sp³-hybridized carbons (Fsp3) is 0.516. The first kappa shape index (κ1) is 27.2. The molecule has 3 aliphatic heterocycles. The van der Waals surface area contributed by atoms with E-state index in [-0.39, 0.29) is 36.1 Å². The maximum absolute atomic E-state index is 13.6. The van der Waals surface area contributed by atoms with Gasteiger partial charge in [-0.3, -0.25) is 14.4 Å². The van der Waals surface area contributed by atoms with E-state index in [1.54, 1.807) is 17.0 Å². The Hall–Kier alpha value is -3.39. The molecule has 0 aromatic heterocycles. The minimum atomic E-state index is -0.169. The number of piperazine rings is 1. The second kappa shape index (κ2) is 12.6. The lowest BCUT2D eigenvalue weighted by atomic mass is 9.80. The van der Waals surface area contributed by atoms with Crippen LogP contribution < -0.4 is 4.74 Å². The van der Waals surface area contributed by atoms with Crippen molar-refractivity contribution in [3.05, 3.63) is 65.7 Å². The highest BCUT2D eigenvalue weighted by Gasteiger charge is 2.35. The van der Waals surface area contributed by atoms with Crippen molar-refractivity contribution in [3.8, 4) is 5.75 Å². The maximum atomic E-state index is 13.6. The summed E-state index contributed by atoms with van der Waals surface area (Å²) >= 11 is 0. The third kappa shape index (κ3) is 6.79. The second-order valence-electron chi connectivity index (χ2n) is 11.2. The zero-order valence-electron chi connectivity index (χ0n) is 23.0. The molecule has 8 heteroatoms. The van der Waals surface area contributed by atoms with E-state index in [9.17, 15) is 14.4 Å². The number of rotatable bonds is 3. The number of benzene rings is 2. The number of hydrogen-bond acceptors (Lipinski definition) is 5. The van der Waals surface area contributed by atoms with Crippen LogP contribution in [0.5, 0.6) is 5.75 Å². The summed E-state index contributed by atoms with van der Waals surface area (Å²) in [6, 6.07) is 16.9. The summed E-state index contributed by atoms with van der Waals surface area (Å²) < 4.78 is 6.20. The van der Waals surface area contributed by atoms with Gasteiger partial charge in [-0.05, 0) is 56.3 Å². The van der Waals surface area contributed by atoms with Crippen molar-refractivity contribution in [1.82, 2.24) is 19.6 Å². The highest BCUT2D eigenvalue weighted by Crippen LogP contribution is 2.32. The van der Waals surface area contributed by atoms with Gasteiger partial charge in [0.05, 0.1) is 13.2 Å². The van der Waals surface area contributed by atoms with E-state index in [1.807, 2.05) is 52.3 Å². The van der Waals surface area contributed by atoms with Crippen LogP contribution in [0.2, 0.25) is 0 Å². The minimum absolute atomic E-state index is 0.0136. The lowest BCUT2D eigenvalue weighted by Gasteiger charge is -2.40. The van der Waals surface area contributed by atoms with Crippen LogP contribution in [0, 0.1) is 11.8 Å². The highest BCUT2D eigenvalue weighted by atomic mass is 16.5. The van der Waals surface area contributed by atoms with Gasteiger partial charge >= 0.3 is 0 Å². The summed E-state index contributed by atoms with van der Waals surface area (Å²) in [7, 11) is 2.09. The van der Waals surface area contributed by atoms with Crippen LogP contribution in [0.15, 0.2) is 54.6 Å². The molecule has 5 rings (SSSR count). The molecule has 2 saturated heterocycles. The summed E-state index contributed by atoms with van der Waals surface area (Å²) in [5.41, 5.74) is 1.45. The van der Waals surface area contributed by atoms with Crippen LogP contribution in [0.4, 0.5) is 0 Å². The van der Waals surface area contributed by atoms with Crippen molar-refractivity contribution < 1.29 is 19.1 Å². The average molecular weight is 533 g/mol. The highest BCUT2D eigenvalue weighted by molar-refractivity contribution is 5.96. The Balaban J connectivity index is 1.34. The van der Waals surface area contributed by atoms with E-state index >= 15 is 0 Å². The van der Waals surface area contributed by atoms with Gasteiger partial charge in [0.2, 0.25) is 11.8 Å². The van der Waals surface area contributed by atoms with Gasteiger partial charge in [-0.25, -0.2) is 0 Å². The summed E-state index contributed by atoms with van der Waals surface area (Å²) in [4.78, 5) is 48.1. The number of carbonyl (C=O) groups excluding carboxylic acids is 3. The van der Waals surface area contributed by atoms with Crippen molar-refractivity contribution in [2.24, 2.45) is 11.8 Å². The number of hydrogen-bond donors (Lipinski definition) is 0. The monoisotopic (exact) mass is 532 g/mol. The minimum Gasteiger partial charge on any atom is -0.493 e. The molecule has 2 atom stereocenters.